The van der Waals surface area contributed by atoms with E-state index in [0.29, 0.717) is 36.7 Å². The van der Waals surface area contributed by atoms with Crippen LogP contribution in [0.3, 0.4) is 0 Å². The van der Waals surface area contributed by atoms with Gasteiger partial charge in [-0.3, -0.25) is 0 Å². The summed E-state index contributed by atoms with van der Waals surface area (Å²) in [5.74, 6) is 0.681. The van der Waals surface area contributed by atoms with Crippen molar-refractivity contribution < 1.29 is 7.48 Å². The standard InChI is InChI=1S/C17H18IN5O/c18-13-4-1-3-12(7-13)8-19-16-15-17(21-10-20-16)23(11-22-15)9-14-5-2-6-24-14/h1,3-4,7,10-11,14H,2,5-6,8-9H2,(H,19,20,21)/i2D,5D. The summed E-state index contributed by atoms with van der Waals surface area (Å²) in [5, 5.41) is 3.33. The summed E-state index contributed by atoms with van der Waals surface area (Å²) in [7, 11) is 0. The topological polar surface area (TPSA) is 64.9 Å². The van der Waals surface area contributed by atoms with Gasteiger partial charge in [0.15, 0.2) is 11.5 Å². The molecule has 3 aromatic rings. The van der Waals surface area contributed by atoms with Crippen molar-refractivity contribution in [3.8, 4) is 0 Å². The number of anilines is 1. The first kappa shape index (κ1) is 13.5. The number of benzene rings is 1. The SMILES string of the molecule is [2H]C1COC(Cn2cnc3c(NCc4cccc(I)c4)ncnc32)C1[2H]. The van der Waals surface area contributed by atoms with Gasteiger partial charge in [0, 0.05) is 19.5 Å². The lowest BCUT2D eigenvalue weighted by Gasteiger charge is -2.10. The number of rotatable bonds is 5. The Morgan fingerprint density at radius 2 is 2.33 bits per heavy atom. The van der Waals surface area contributed by atoms with E-state index in [1.807, 2.05) is 10.6 Å². The number of fused-ring (bicyclic) bond motifs is 1. The summed E-state index contributed by atoms with van der Waals surface area (Å²) in [6.07, 6.45) is 1.86. The zero-order valence-electron chi connectivity index (χ0n) is 14.9. The van der Waals surface area contributed by atoms with Crippen molar-refractivity contribution in [3.05, 3.63) is 46.1 Å². The number of imidazole rings is 1. The maximum Gasteiger partial charge on any atom is 0.165 e. The fraction of sp³-hybridized carbons (Fsp3) is 0.353. The summed E-state index contributed by atoms with van der Waals surface area (Å²) < 4.78 is 24.4. The third-order valence-corrected chi connectivity index (χ3v) is 4.56. The molecule has 0 saturated carbocycles. The first-order chi connectivity index (χ1) is 12.6. The second kappa shape index (κ2) is 7.02. The molecule has 0 radical (unpaired) electrons. The molecular formula is C17H18IN5O. The van der Waals surface area contributed by atoms with E-state index in [4.69, 9.17) is 7.48 Å². The quantitative estimate of drug-likeness (QED) is 0.622. The van der Waals surface area contributed by atoms with Crippen LogP contribution >= 0.6 is 22.6 Å². The van der Waals surface area contributed by atoms with Gasteiger partial charge in [-0.15, -0.1) is 0 Å². The molecule has 7 heteroatoms. The van der Waals surface area contributed by atoms with E-state index >= 15 is 0 Å². The number of hydrogen-bond donors (Lipinski definition) is 1. The maximum atomic E-state index is 8.03. The zero-order valence-corrected chi connectivity index (χ0v) is 15.1. The monoisotopic (exact) mass is 437 g/mol. The van der Waals surface area contributed by atoms with Crippen molar-refractivity contribution in [2.45, 2.75) is 32.0 Å². The molecule has 6 nitrogen and oxygen atoms in total. The van der Waals surface area contributed by atoms with Crippen LogP contribution in [0.15, 0.2) is 36.9 Å². The minimum Gasteiger partial charge on any atom is -0.376 e. The number of ether oxygens (including phenoxy) is 1. The van der Waals surface area contributed by atoms with Gasteiger partial charge >= 0.3 is 0 Å². The third kappa shape index (κ3) is 3.36. The predicted octanol–water partition coefficient (Wildman–Crippen LogP) is 3.22. The van der Waals surface area contributed by atoms with Gasteiger partial charge in [-0.1, -0.05) is 12.1 Å². The average Bonchev–Trinajstić information content (AvgIpc) is 3.19. The predicted molar refractivity (Wildman–Crippen MR) is 101 cm³/mol. The minimum atomic E-state index is -0.549. The van der Waals surface area contributed by atoms with Gasteiger partial charge in [0.1, 0.15) is 11.8 Å². The van der Waals surface area contributed by atoms with Gasteiger partial charge in [0.25, 0.3) is 0 Å². The summed E-state index contributed by atoms with van der Waals surface area (Å²) >= 11 is 2.29. The fourth-order valence-corrected chi connectivity index (χ4v) is 3.33. The molecule has 24 heavy (non-hydrogen) atoms. The van der Waals surface area contributed by atoms with Crippen molar-refractivity contribution in [1.29, 1.82) is 0 Å². The molecule has 0 bridgehead atoms. The normalized spacial score (nSPS) is 24.8. The van der Waals surface area contributed by atoms with Crippen LogP contribution in [0.1, 0.15) is 21.1 Å². The van der Waals surface area contributed by atoms with Crippen LogP contribution in [-0.2, 0) is 17.8 Å². The highest BCUT2D eigenvalue weighted by Gasteiger charge is 2.18. The Kier molecular flexibility index (Phi) is 3.96. The molecule has 0 spiro atoms. The smallest absolute Gasteiger partial charge is 0.165 e. The van der Waals surface area contributed by atoms with Crippen molar-refractivity contribution in [3.63, 3.8) is 0 Å². The molecule has 0 aliphatic carbocycles. The molecule has 1 aliphatic rings. The summed E-state index contributed by atoms with van der Waals surface area (Å²) in [5.41, 5.74) is 2.57. The maximum absolute atomic E-state index is 8.03. The van der Waals surface area contributed by atoms with E-state index in [1.165, 1.54) is 15.5 Å². The molecule has 3 heterocycles. The molecule has 4 rings (SSSR count). The van der Waals surface area contributed by atoms with Gasteiger partial charge in [-0.2, -0.15) is 0 Å². The number of nitrogens with zero attached hydrogens (tertiary/aromatic N) is 4. The van der Waals surface area contributed by atoms with Crippen molar-refractivity contribution in [2.24, 2.45) is 0 Å². The Bertz CT molecular complexity index is 921. The molecule has 1 fully saturated rings. The molecule has 0 amide bonds. The summed E-state index contributed by atoms with van der Waals surface area (Å²) in [6, 6.07) is 8.27. The van der Waals surface area contributed by atoms with Crippen molar-refractivity contribution >= 4 is 39.6 Å². The van der Waals surface area contributed by atoms with Crippen LogP contribution in [-0.4, -0.2) is 32.2 Å². The van der Waals surface area contributed by atoms with Gasteiger partial charge in [-0.25, -0.2) is 15.0 Å². The van der Waals surface area contributed by atoms with Crippen LogP contribution in [0.4, 0.5) is 5.82 Å². The summed E-state index contributed by atoms with van der Waals surface area (Å²) in [4.78, 5) is 13.1. The largest absolute Gasteiger partial charge is 0.376 e. The highest BCUT2D eigenvalue weighted by molar-refractivity contribution is 14.1. The summed E-state index contributed by atoms with van der Waals surface area (Å²) in [6.45, 7) is 1.42. The molecule has 1 aromatic carbocycles. The Morgan fingerprint density at radius 1 is 1.38 bits per heavy atom. The average molecular weight is 437 g/mol. The van der Waals surface area contributed by atoms with Gasteiger partial charge in [-0.05, 0) is 53.1 Å². The molecule has 3 unspecified atom stereocenters. The van der Waals surface area contributed by atoms with Crippen LogP contribution in [0.25, 0.3) is 11.2 Å². The highest BCUT2D eigenvalue weighted by atomic mass is 127. The van der Waals surface area contributed by atoms with E-state index in [1.54, 1.807) is 6.33 Å². The Labute approximate surface area is 156 Å². The Hall–Kier alpha value is -1.74. The minimum absolute atomic E-state index is 0.309. The molecule has 2 aromatic heterocycles. The molecule has 1 aliphatic heterocycles. The lowest BCUT2D eigenvalue weighted by atomic mass is 10.2. The lowest BCUT2D eigenvalue weighted by molar-refractivity contribution is 0.0978. The Balaban J connectivity index is 1.53. The van der Waals surface area contributed by atoms with E-state index in [9.17, 15) is 0 Å². The highest BCUT2D eigenvalue weighted by Crippen LogP contribution is 2.21. The number of halogens is 1. The van der Waals surface area contributed by atoms with E-state index in [2.05, 4.69) is 61.1 Å². The number of hydrogen-bond acceptors (Lipinski definition) is 5. The van der Waals surface area contributed by atoms with Crippen molar-refractivity contribution in [2.75, 3.05) is 11.9 Å². The Morgan fingerprint density at radius 3 is 3.17 bits per heavy atom. The first-order valence-corrected chi connectivity index (χ1v) is 8.80. The zero-order chi connectivity index (χ0) is 18.1. The third-order valence-electron chi connectivity index (χ3n) is 3.88. The van der Waals surface area contributed by atoms with E-state index in [0.717, 1.165) is 0 Å². The molecule has 1 saturated heterocycles. The lowest BCUT2D eigenvalue weighted by Crippen LogP contribution is -2.14. The van der Waals surface area contributed by atoms with E-state index in [-0.39, 0.29) is 6.10 Å². The van der Waals surface area contributed by atoms with Crippen molar-refractivity contribution in [1.82, 2.24) is 19.5 Å². The van der Waals surface area contributed by atoms with Gasteiger partial charge in [0.05, 0.1) is 19.0 Å². The van der Waals surface area contributed by atoms with Gasteiger partial charge < -0.3 is 14.6 Å². The molecule has 124 valence electrons. The number of nitrogens with one attached hydrogen (secondary N) is 1. The molecule has 3 atom stereocenters. The fourth-order valence-electron chi connectivity index (χ4n) is 2.73. The van der Waals surface area contributed by atoms with Gasteiger partial charge in [0.2, 0.25) is 0 Å². The first-order valence-electron chi connectivity index (χ1n) is 8.87. The second-order valence-electron chi connectivity index (χ2n) is 5.57. The van der Waals surface area contributed by atoms with Crippen LogP contribution in [0.2, 0.25) is 0 Å². The van der Waals surface area contributed by atoms with Crippen LogP contribution in [0, 0.1) is 3.57 Å². The van der Waals surface area contributed by atoms with Crippen LogP contribution in [0.5, 0.6) is 0 Å². The van der Waals surface area contributed by atoms with Crippen LogP contribution < -0.4 is 5.32 Å². The molecular weight excluding hydrogens is 417 g/mol. The number of aromatic nitrogens is 4. The second-order valence-corrected chi connectivity index (χ2v) is 6.82. The van der Waals surface area contributed by atoms with E-state index < -0.39 is 12.8 Å². The molecule has 1 N–H and O–H groups in total.